The van der Waals surface area contributed by atoms with E-state index in [0.29, 0.717) is 17.7 Å². The number of carbonyl (C=O) groups excluding carboxylic acids is 1. The molecule has 8 heteroatoms. The van der Waals surface area contributed by atoms with Crippen molar-refractivity contribution in [2.75, 3.05) is 13.2 Å². The monoisotopic (exact) mass is 416 g/mol. The van der Waals surface area contributed by atoms with Gasteiger partial charge in [0.25, 0.3) is 0 Å². The number of carbonyl (C=O) groups is 1. The number of nitrogens with one attached hydrogen (secondary N) is 1. The second-order valence-corrected chi connectivity index (χ2v) is 8.31. The molecule has 1 heterocycles. The highest BCUT2D eigenvalue weighted by atomic mass is 79.9. The van der Waals surface area contributed by atoms with Crippen LogP contribution < -0.4 is 10.1 Å². The lowest BCUT2D eigenvalue weighted by Gasteiger charge is -2.20. The van der Waals surface area contributed by atoms with Crippen LogP contribution >= 0.6 is 27.3 Å². The number of halogens is 2. The summed E-state index contributed by atoms with van der Waals surface area (Å²) in [4.78, 5) is 15.9. The van der Waals surface area contributed by atoms with Crippen LogP contribution in [0.2, 0.25) is 0 Å². The molecule has 5 nitrogen and oxygen atoms in total. The molecule has 2 rings (SSSR count). The molecule has 0 spiro atoms. The lowest BCUT2D eigenvalue weighted by Crippen LogP contribution is -2.34. The van der Waals surface area contributed by atoms with Crippen molar-refractivity contribution in [1.82, 2.24) is 10.3 Å². The minimum absolute atomic E-state index is 0.0137. The molecule has 0 aliphatic rings. The van der Waals surface area contributed by atoms with Crippen molar-refractivity contribution in [3.63, 3.8) is 0 Å². The summed E-state index contributed by atoms with van der Waals surface area (Å²) in [5, 5.41) is 2.50. The van der Waals surface area contributed by atoms with Gasteiger partial charge in [0.2, 0.25) is 0 Å². The second kappa shape index (κ2) is 7.94. The highest BCUT2D eigenvalue weighted by molar-refractivity contribution is 9.11. The minimum atomic E-state index is -0.599. The van der Waals surface area contributed by atoms with E-state index in [4.69, 9.17) is 9.47 Å². The van der Waals surface area contributed by atoms with E-state index in [2.05, 4.69) is 26.2 Å². The SMILES string of the molecule is CC(C)(C)OC(=O)NC/C(=C\F)COc1ccc2nc(Br)sc2c1. The van der Waals surface area contributed by atoms with Crippen LogP contribution in [0.25, 0.3) is 10.2 Å². The van der Waals surface area contributed by atoms with Gasteiger partial charge in [0, 0.05) is 12.1 Å². The molecule has 0 atom stereocenters. The summed E-state index contributed by atoms with van der Waals surface area (Å²) in [7, 11) is 0. The van der Waals surface area contributed by atoms with Crippen LogP contribution in [0.3, 0.4) is 0 Å². The largest absolute Gasteiger partial charge is 0.489 e. The number of aromatic nitrogens is 1. The minimum Gasteiger partial charge on any atom is -0.489 e. The molecular weight excluding hydrogens is 399 g/mol. The molecule has 1 aromatic heterocycles. The molecule has 1 amide bonds. The molecule has 0 saturated heterocycles. The lowest BCUT2D eigenvalue weighted by molar-refractivity contribution is 0.0531. The lowest BCUT2D eigenvalue weighted by atomic mass is 10.2. The van der Waals surface area contributed by atoms with Gasteiger partial charge in [-0.15, -0.1) is 11.3 Å². The van der Waals surface area contributed by atoms with Gasteiger partial charge in [-0.25, -0.2) is 14.2 Å². The standard InChI is InChI=1S/C16H18BrFN2O3S/c1-16(2,3)23-15(21)19-8-10(7-18)9-22-11-4-5-12-13(6-11)24-14(17)20-12/h4-7H,8-9H2,1-3H3,(H,19,21)/b10-7+. The number of hydrogen-bond acceptors (Lipinski definition) is 5. The van der Waals surface area contributed by atoms with E-state index < -0.39 is 11.7 Å². The van der Waals surface area contributed by atoms with Gasteiger partial charge < -0.3 is 14.8 Å². The van der Waals surface area contributed by atoms with Crippen molar-refractivity contribution < 1.29 is 18.7 Å². The van der Waals surface area contributed by atoms with E-state index in [9.17, 15) is 9.18 Å². The zero-order valence-corrected chi connectivity index (χ0v) is 16.0. The molecule has 0 aliphatic heterocycles. The van der Waals surface area contributed by atoms with Crippen LogP contribution in [0.4, 0.5) is 9.18 Å². The van der Waals surface area contributed by atoms with Crippen molar-refractivity contribution >= 4 is 43.6 Å². The summed E-state index contributed by atoms with van der Waals surface area (Å²) in [5.41, 5.74) is 0.567. The van der Waals surface area contributed by atoms with Gasteiger partial charge in [-0.2, -0.15) is 0 Å². The fourth-order valence-corrected chi connectivity index (χ4v) is 3.20. The zero-order valence-electron chi connectivity index (χ0n) is 13.6. The number of rotatable bonds is 5. The van der Waals surface area contributed by atoms with Gasteiger partial charge >= 0.3 is 6.09 Å². The number of alkyl carbamates (subject to hydrolysis) is 1. The molecule has 0 aliphatic carbocycles. The number of fused-ring (bicyclic) bond motifs is 1. The Morgan fingerprint density at radius 1 is 1.46 bits per heavy atom. The molecule has 1 N–H and O–H groups in total. The summed E-state index contributed by atoms with van der Waals surface area (Å²) in [6.07, 6.45) is -0.170. The maximum Gasteiger partial charge on any atom is 0.407 e. The average molecular weight is 417 g/mol. The van der Waals surface area contributed by atoms with E-state index in [1.807, 2.05) is 12.1 Å². The molecule has 0 saturated carbocycles. The Bertz CT molecular complexity index is 755. The van der Waals surface area contributed by atoms with E-state index >= 15 is 0 Å². The molecule has 2 aromatic rings. The maximum absolute atomic E-state index is 13.0. The molecule has 1 aromatic carbocycles. The average Bonchev–Trinajstić information content (AvgIpc) is 2.84. The van der Waals surface area contributed by atoms with E-state index in [0.717, 1.165) is 14.1 Å². The molecule has 130 valence electrons. The number of ether oxygens (including phenoxy) is 2. The third kappa shape index (κ3) is 5.76. The van der Waals surface area contributed by atoms with Gasteiger partial charge in [-0.3, -0.25) is 0 Å². The number of nitrogens with zero attached hydrogens (tertiary/aromatic N) is 1. The smallest absolute Gasteiger partial charge is 0.407 e. The van der Waals surface area contributed by atoms with Gasteiger partial charge in [-0.1, -0.05) is 0 Å². The Morgan fingerprint density at radius 3 is 2.88 bits per heavy atom. The first-order valence-electron chi connectivity index (χ1n) is 7.21. The van der Waals surface area contributed by atoms with Crippen LogP contribution in [-0.4, -0.2) is 29.8 Å². The van der Waals surface area contributed by atoms with Crippen LogP contribution in [0, 0.1) is 0 Å². The van der Waals surface area contributed by atoms with Crippen molar-refractivity contribution in [2.24, 2.45) is 0 Å². The van der Waals surface area contributed by atoms with E-state index in [1.165, 1.54) is 11.3 Å². The normalized spacial score (nSPS) is 12.3. The zero-order chi connectivity index (χ0) is 17.7. The van der Waals surface area contributed by atoms with Crippen LogP contribution in [0.1, 0.15) is 20.8 Å². The first-order valence-corrected chi connectivity index (χ1v) is 8.81. The van der Waals surface area contributed by atoms with Crippen LogP contribution in [0.15, 0.2) is 34.0 Å². The molecule has 24 heavy (non-hydrogen) atoms. The Morgan fingerprint density at radius 2 is 2.21 bits per heavy atom. The van der Waals surface area contributed by atoms with Crippen LogP contribution in [-0.2, 0) is 4.74 Å². The van der Waals surface area contributed by atoms with E-state index in [-0.39, 0.29) is 13.2 Å². The van der Waals surface area contributed by atoms with Gasteiger partial charge in [0.1, 0.15) is 18.0 Å². The number of benzene rings is 1. The summed E-state index contributed by atoms with van der Waals surface area (Å²) < 4.78 is 25.4. The molecule has 0 unspecified atom stereocenters. The maximum atomic E-state index is 13.0. The van der Waals surface area contributed by atoms with Crippen molar-refractivity contribution in [3.05, 3.63) is 34.0 Å². The number of amides is 1. The Hall–Kier alpha value is -1.67. The Labute approximate surface area is 152 Å². The third-order valence-electron chi connectivity index (χ3n) is 2.77. The molecular formula is C16H18BrFN2O3S. The second-order valence-electron chi connectivity index (χ2n) is 6.01. The van der Waals surface area contributed by atoms with Crippen molar-refractivity contribution in [2.45, 2.75) is 26.4 Å². The first-order chi connectivity index (χ1) is 11.3. The van der Waals surface area contributed by atoms with Gasteiger partial charge in [0.15, 0.2) is 3.92 Å². The quantitative estimate of drug-likeness (QED) is 0.758. The van der Waals surface area contributed by atoms with E-state index in [1.54, 1.807) is 26.8 Å². The summed E-state index contributed by atoms with van der Waals surface area (Å²) >= 11 is 4.82. The van der Waals surface area contributed by atoms with Crippen molar-refractivity contribution in [1.29, 1.82) is 0 Å². The topological polar surface area (TPSA) is 60.5 Å². The Kier molecular flexibility index (Phi) is 6.17. The molecule has 0 radical (unpaired) electrons. The number of hydrogen-bond donors (Lipinski definition) is 1. The highest BCUT2D eigenvalue weighted by Gasteiger charge is 2.16. The first kappa shape index (κ1) is 18.7. The summed E-state index contributed by atoms with van der Waals surface area (Å²) in [6.45, 7) is 5.32. The van der Waals surface area contributed by atoms with Gasteiger partial charge in [-0.05, 0) is 54.9 Å². The van der Waals surface area contributed by atoms with Crippen LogP contribution in [0.5, 0.6) is 5.75 Å². The van der Waals surface area contributed by atoms with Gasteiger partial charge in [0.05, 0.1) is 16.5 Å². The fraction of sp³-hybridized carbons (Fsp3) is 0.375. The third-order valence-corrected chi connectivity index (χ3v) is 4.24. The van der Waals surface area contributed by atoms with Crippen molar-refractivity contribution in [3.8, 4) is 5.75 Å². The summed E-state index contributed by atoms with van der Waals surface area (Å²) in [6, 6.07) is 5.45. The molecule has 0 fully saturated rings. The number of thiazole rings is 1. The fourth-order valence-electron chi connectivity index (χ4n) is 1.76. The predicted molar refractivity (Wildman–Crippen MR) is 96.2 cm³/mol. The summed E-state index contributed by atoms with van der Waals surface area (Å²) in [5.74, 6) is 0.607. The Balaban J connectivity index is 1.87. The highest BCUT2D eigenvalue weighted by Crippen LogP contribution is 2.29. The molecule has 0 bridgehead atoms. The predicted octanol–water partition coefficient (Wildman–Crippen LogP) is 4.82.